The van der Waals surface area contributed by atoms with Gasteiger partial charge in [0.1, 0.15) is 0 Å². The van der Waals surface area contributed by atoms with E-state index in [2.05, 4.69) is 0 Å². The van der Waals surface area contributed by atoms with Crippen LogP contribution in [0.5, 0.6) is 11.5 Å². The van der Waals surface area contributed by atoms with E-state index in [1.807, 2.05) is 0 Å². The Morgan fingerprint density at radius 3 is 2.86 bits per heavy atom. The van der Waals surface area contributed by atoms with Crippen LogP contribution in [0, 0.1) is 5.82 Å². The molecule has 0 N–H and O–H groups in total. The van der Waals surface area contributed by atoms with Gasteiger partial charge in [-0.05, 0) is 12.1 Å². The van der Waals surface area contributed by atoms with Crippen LogP contribution in [0.25, 0.3) is 0 Å². The molecule has 0 fully saturated rings. The lowest BCUT2D eigenvalue weighted by Gasteiger charge is -2.08. The van der Waals surface area contributed by atoms with Crippen LogP contribution in [-0.2, 0) is 0 Å². The van der Waals surface area contributed by atoms with Crippen molar-refractivity contribution in [3.05, 3.63) is 23.5 Å². The predicted octanol–water partition coefficient (Wildman–Crippen LogP) is 1.80. The van der Waals surface area contributed by atoms with Crippen molar-refractivity contribution in [3.8, 4) is 11.5 Å². The van der Waals surface area contributed by atoms with Crippen molar-refractivity contribution in [2.45, 2.75) is 6.42 Å². The number of hydrogen-bond donors (Lipinski definition) is 0. The molecule has 0 saturated carbocycles. The number of hydrogen-bond acceptors (Lipinski definition) is 3. The average molecular weight is 196 g/mol. The minimum Gasteiger partial charge on any atom is -0.489 e. The molecule has 3 nitrogen and oxygen atoms in total. The number of halogens is 1. The Labute approximate surface area is 80.4 Å². The first-order valence-electron chi connectivity index (χ1n) is 4.36. The van der Waals surface area contributed by atoms with Crippen molar-refractivity contribution in [1.82, 2.24) is 0 Å². The second-order valence-electron chi connectivity index (χ2n) is 2.96. The van der Waals surface area contributed by atoms with Crippen molar-refractivity contribution in [2.75, 3.05) is 13.2 Å². The maximum atomic E-state index is 13.5. The third-order valence-corrected chi connectivity index (χ3v) is 2.01. The molecule has 0 saturated heterocycles. The van der Waals surface area contributed by atoms with Gasteiger partial charge in [0, 0.05) is 6.42 Å². The molecular formula is C10H9FO3. The standard InChI is InChI=1S/C10H9FO3/c11-9-7(6-12)2-3-8-10(9)14-5-1-4-13-8/h2-3,6H,1,4-5H2. The van der Waals surface area contributed by atoms with E-state index < -0.39 is 5.82 Å². The summed E-state index contributed by atoms with van der Waals surface area (Å²) in [5.74, 6) is -0.225. The number of aldehydes is 1. The summed E-state index contributed by atoms with van der Waals surface area (Å²) >= 11 is 0. The SMILES string of the molecule is O=Cc1ccc2c(c1F)OCCCO2. The molecular weight excluding hydrogens is 187 g/mol. The zero-order valence-electron chi connectivity index (χ0n) is 7.46. The van der Waals surface area contributed by atoms with E-state index >= 15 is 0 Å². The Hall–Kier alpha value is -1.58. The largest absolute Gasteiger partial charge is 0.489 e. The molecule has 1 aliphatic heterocycles. The van der Waals surface area contributed by atoms with Gasteiger partial charge < -0.3 is 9.47 Å². The summed E-state index contributed by atoms with van der Waals surface area (Å²) < 4.78 is 23.9. The van der Waals surface area contributed by atoms with Gasteiger partial charge in [-0.2, -0.15) is 0 Å². The lowest BCUT2D eigenvalue weighted by Crippen LogP contribution is -1.99. The maximum Gasteiger partial charge on any atom is 0.197 e. The van der Waals surface area contributed by atoms with E-state index in [4.69, 9.17) is 9.47 Å². The van der Waals surface area contributed by atoms with Crippen LogP contribution in [0.1, 0.15) is 16.8 Å². The van der Waals surface area contributed by atoms with Gasteiger partial charge in [0.2, 0.25) is 0 Å². The van der Waals surface area contributed by atoms with Gasteiger partial charge in [-0.1, -0.05) is 0 Å². The monoisotopic (exact) mass is 196 g/mol. The summed E-state index contributed by atoms with van der Waals surface area (Å²) in [7, 11) is 0. The average Bonchev–Trinajstić information content (AvgIpc) is 2.44. The Balaban J connectivity index is 2.49. The van der Waals surface area contributed by atoms with Gasteiger partial charge in [-0.15, -0.1) is 0 Å². The van der Waals surface area contributed by atoms with E-state index in [-0.39, 0.29) is 11.3 Å². The van der Waals surface area contributed by atoms with Crippen LogP contribution >= 0.6 is 0 Å². The molecule has 0 aromatic heterocycles. The minimum atomic E-state index is -0.639. The fourth-order valence-electron chi connectivity index (χ4n) is 1.31. The molecule has 0 radical (unpaired) electrons. The number of carbonyl (C=O) groups excluding carboxylic acids is 1. The van der Waals surface area contributed by atoms with E-state index in [0.717, 1.165) is 0 Å². The molecule has 0 unspecified atom stereocenters. The van der Waals surface area contributed by atoms with Crippen LogP contribution in [0.4, 0.5) is 4.39 Å². The van der Waals surface area contributed by atoms with Crippen molar-refractivity contribution in [2.24, 2.45) is 0 Å². The van der Waals surface area contributed by atoms with Crippen molar-refractivity contribution in [3.63, 3.8) is 0 Å². The summed E-state index contributed by atoms with van der Waals surface area (Å²) in [4.78, 5) is 10.5. The summed E-state index contributed by atoms with van der Waals surface area (Å²) in [6.07, 6.45) is 1.18. The van der Waals surface area contributed by atoms with Gasteiger partial charge in [-0.25, -0.2) is 4.39 Å². The second-order valence-corrected chi connectivity index (χ2v) is 2.96. The van der Waals surface area contributed by atoms with Crippen LogP contribution in [0.3, 0.4) is 0 Å². The normalized spacial score (nSPS) is 14.6. The summed E-state index contributed by atoms with van der Waals surface area (Å²) in [6, 6.07) is 2.93. The molecule has 74 valence electrons. The molecule has 14 heavy (non-hydrogen) atoms. The van der Waals surface area contributed by atoms with Crippen molar-refractivity contribution >= 4 is 6.29 Å². The number of fused-ring (bicyclic) bond motifs is 1. The van der Waals surface area contributed by atoms with Crippen LogP contribution in [0.2, 0.25) is 0 Å². The first kappa shape index (κ1) is 8.99. The fourth-order valence-corrected chi connectivity index (χ4v) is 1.31. The number of benzene rings is 1. The maximum absolute atomic E-state index is 13.5. The van der Waals surface area contributed by atoms with Gasteiger partial charge in [-0.3, -0.25) is 4.79 Å². The first-order chi connectivity index (χ1) is 6.83. The molecule has 0 amide bonds. The lowest BCUT2D eigenvalue weighted by molar-refractivity contribution is 0.111. The molecule has 4 heteroatoms. The Morgan fingerprint density at radius 2 is 2.07 bits per heavy atom. The molecule has 0 atom stereocenters. The van der Waals surface area contributed by atoms with E-state index in [1.165, 1.54) is 6.07 Å². The topological polar surface area (TPSA) is 35.5 Å². The molecule has 1 aromatic rings. The highest BCUT2D eigenvalue weighted by Crippen LogP contribution is 2.33. The smallest absolute Gasteiger partial charge is 0.197 e. The van der Waals surface area contributed by atoms with Gasteiger partial charge >= 0.3 is 0 Å². The quantitative estimate of drug-likeness (QED) is 0.642. The molecule has 1 aliphatic rings. The summed E-state index contributed by atoms with van der Waals surface area (Å²) in [6.45, 7) is 0.916. The zero-order chi connectivity index (χ0) is 9.97. The zero-order valence-corrected chi connectivity index (χ0v) is 7.46. The Morgan fingerprint density at radius 1 is 1.29 bits per heavy atom. The third kappa shape index (κ3) is 1.43. The Bertz CT molecular complexity index is 363. The summed E-state index contributed by atoms with van der Waals surface area (Å²) in [5, 5.41) is 0. The summed E-state index contributed by atoms with van der Waals surface area (Å²) in [5.41, 5.74) is -0.00532. The Kier molecular flexibility index (Phi) is 2.35. The molecule has 0 aliphatic carbocycles. The van der Waals surface area contributed by atoms with Gasteiger partial charge in [0.15, 0.2) is 23.6 Å². The predicted molar refractivity (Wildman–Crippen MR) is 47.4 cm³/mol. The molecule has 1 aromatic carbocycles. The van der Waals surface area contributed by atoms with E-state index in [9.17, 15) is 9.18 Å². The lowest BCUT2D eigenvalue weighted by atomic mass is 10.2. The molecule has 2 rings (SSSR count). The highest BCUT2D eigenvalue weighted by atomic mass is 19.1. The third-order valence-electron chi connectivity index (χ3n) is 2.01. The van der Waals surface area contributed by atoms with Gasteiger partial charge in [0.25, 0.3) is 0 Å². The van der Waals surface area contributed by atoms with Crippen LogP contribution < -0.4 is 9.47 Å². The van der Waals surface area contributed by atoms with Crippen LogP contribution in [0.15, 0.2) is 12.1 Å². The van der Waals surface area contributed by atoms with Crippen LogP contribution in [-0.4, -0.2) is 19.5 Å². The van der Waals surface area contributed by atoms with Crippen molar-refractivity contribution < 1.29 is 18.7 Å². The first-order valence-corrected chi connectivity index (χ1v) is 4.36. The fraction of sp³-hybridized carbons (Fsp3) is 0.300. The second kappa shape index (κ2) is 3.65. The number of carbonyl (C=O) groups is 1. The highest BCUT2D eigenvalue weighted by molar-refractivity contribution is 5.77. The van der Waals surface area contributed by atoms with E-state index in [1.54, 1.807) is 6.07 Å². The number of rotatable bonds is 1. The molecule has 0 spiro atoms. The van der Waals surface area contributed by atoms with E-state index in [0.29, 0.717) is 31.7 Å². The molecule has 1 heterocycles. The minimum absolute atomic E-state index is 0.00532. The van der Waals surface area contributed by atoms with Gasteiger partial charge in [0.05, 0.1) is 18.8 Å². The number of ether oxygens (including phenoxy) is 2. The van der Waals surface area contributed by atoms with Crippen molar-refractivity contribution in [1.29, 1.82) is 0 Å². The highest BCUT2D eigenvalue weighted by Gasteiger charge is 2.17. The molecule has 0 bridgehead atoms.